The fourth-order valence-corrected chi connectivity index (χ4v) is 3.95. The summed E-state index contributed by atoms with van der Waals surface area (Å²) in [4.78, 5) is 10.6. The Balaban J connectivity index is 1.45. The lowest BCUT2D eigenvalue weighted by Crippen LogP contribution is -2.05. The highest BCUT2D eigenvalue weighted by atomic mass is 32.2. The highest BCUT2D eigenvalue weighted by Gasteiger charge is 2.16. The summed E-state index contributed by atoms with van der Waals surface area (Å²) in [5.74, 6) is 2.86. The van der Waals surface area contributed by atoms with Gasteiger partial charge in [-0.15, -0.1) is 16.9 Å². The van der Waals surface area contributed by atoms with Crippen LogP contribution in [-0.2, 0) is 6.54 Å². The second kappa shape index (κ2) is 6.79. The van der Waals surface area contributed by atoms with Crippen LogP contribution in [0.1, 0.15) is 11.4 Å². The van der Waals surface area contributed by atoms with Crippen LogP contribution in [0.5, 0.6) is 0 Å². The molecule has 8 heteroatoms. The normalized spacial score (nSPS) is 11.6. The first kappa shape index (κ1) is 17.0. The van der Waals surface area contributed by atoms with Crippen LogP contribution in [0, 0.1) is 13.8 Å². The lowest BCUT2D eigenvalue weighted by atomic mass is 10.2. The van der Waals surface area contributed by atoms with E-state index in [1.165, 1.54) is 10.5 Å². The highest BCUT2D eigenvalue weighted by Crippen LogP contribution is 2.23. The molecule has 0 atom stereocenters. The zero-order valence-electron chi connectivity index (χ0n) is 15.5. The summed E-state index contributed by atoms with van der Waals surface area (Å²) in [7, 11) is 0. The fraction of sp³-hybridized carbons (Fsp3) is 0.200. The zero-order valence-corrected chi connectivity index (χ0v) is 16.3. The van der Waals surface area contributed by atoms with Crippen LogP contribution in [0.2, 0.25) is 0 Å². The van der Waals surface area contributed by atoms with Gasteiger partial charge in [0.05, 0.1) is 24.4 Å². The molecule has 140 valence electrons. The highest BCUT2D eigenvalue weighted by molar-refractivity contribution is 7.99. The summed E-state index contributed by atoms with van der Waals surface area (Å²) in [5.41, 5.74) is 2.84. The van der Waals surface area contributed by atoms with E-state index in [1.54, 1.807) is 10.8 Å². The van der Waals surface area contributed by atoms with Crippen molar-refractivity contribution in [2.24, 2.45) is 0 Å². The molecule has 28 heavy (non-hydrogen) atoms. The zero-order chi connectivity index (χ0) is 19.1. The first-order valence-corrected chi connectivity index (χ1v) is 10.00. The Morgan fingerprint density at radius 2 is 1.89 bits per heavy atom. The second-order valence-electron chi connectivity index (χ2n) is 6.57. The molecule has 0 N–H and O–H groups in total. The van der Waals surface area contributed by atoms with Crippen LogP contribution in [0.25, 0.3) is 28.3 Å². The van der Waals surface area contributed by atoms with Gasteiger partial charge >= 0.3 is 0 Å². The molecule has 0 unspecified atom stereocenters. The van der Waals surface area contributed by atoms with Crippen LogP contribution in [0.15, 0.2) is 58.2 Å². The van der Waals surface area contributed by atoms with E-state index in [2.05, 4.69) is 46.4 Å². The van der Waals surface area contributed by atoms with Gasteiger partial charge in [0, 0.05) is 10.6 Å². The predicted molar refractivity (Wildman–Crippen MR) is 108 cm³/mol. The van der Waals surface area contributed by atoms with E-state index in [1.807, 2.05) is 41.7 Å². The van der Waals surface area contributed by atoms with Gasteiger partial charge in [-0.05, 0) is 38.1 Å². The first-order chi connectivity index (χ1) is 13.7. The van der Waals surface area contributed by atoms with Gasteiger partial charge in [0.2, 0.25) is 5.82 Å². The van der Waals surface area contributed by atoms with Gasteiger partial charge < -0.3 is 4.42 Å². The second-order valence-corrected chi connectivity index (χ2v) is 7.74. The van der Waals surface area contributed by atoms with Crippen molar-refractivity contribution in [1.82, 2.24) is 29.4 Å². The van der Waals surface area contributed by atoms with Crippen molar-refractivity contribution in [3.8, 4) is 11.6 Å². The molecule has 4 heterocycles. The molecular formula is C20H18N6OS. The molecule has 0 saturated carbocycles. The number of nitrogens with zero attached hydrogens (tertiary/aromatic N) is 6. The third-order valence-corrected chi connectivity index (χ3v) is 5.56. The average molecular weight is 390 g/mol. The Kier molecular flexibility index (Phi) is 4.12. The van der Waals surface area contributed by atoms with Crippen LogP contribution >= 0.6 is 11.8 Å². The molecule has 0 aliphatic rings. The maximum absolute atomic E-state index is 5.43. The number of rotatable bonds is 5. The summed E-state index contributed by atoms with van der Waals surface area (Å²) in [5, 5.41) is 9.96. The van der Waals surface area contributed by atoms with Gasteiger partial charge in [-0.3, -0.25) is 0 Å². The first-order valence-electron chi connectivity index (χ1n) is 9.01. The minimum absolute atomic E-state index is 0.546. The monoisotopic (exact) mass is 390 g/mol. The molecule has 1 aromatic carbocycles. The quantitative estimate of drug-likeness (QED) is 0.420. The molecule has 5 rings (SSSR count). The molecule has 0 radical (unpaired) electrons. The molecule has 4 aromatic heterocycles. The molecule has 0 amide bonds. The molecule has 0 bridgehead atoms. The van der Waals surface area contributed by atoms with Crippen LogP contribution < -0.4 is 0 Å². The average Bonchev–Trinajstić information content (AvgIpc) is 3.42. The summed E-state index contributed by atoms with van der Waals surface area (Å²) in [6, 6.07) is 12.2. The van der Waals surface area contributed by atoms with E-state index in [4.69, 9.17) is 9.40 Å². The molecule has 0 saturated heterocycles. The molecule has 0 aliphatic carbocycles. The van der Waals surface area contributed by atoms with Crippen molar-refractivity contribution in [2.75, 3.05) is 5.75 Å². The molecular weight excluding hydrogens is 372 g/mol. The van der Waals surface area contributed by atoms with Gasteiger partial charge in [0.15, 0.2) is 17.1 Å². The fourth-order valence-electron chi connectivity index (χ4n) is 3.13. The van der Waals surface area contributed by atoms with Crippen LogP contribution in [0.4, 0.5) is 0 Å². The van der Waals surface area contributed by atoms with Crippen LogP contribution in [-0.4, -0.2) is 35.1 Å². The number of benzene rings is 1. The molecule has 0 aliphatic heterocycles. The minimum Gasteiger partial charge on any atom is -0.461 e. The third-order valence-electron chi connectivity index (χ3n) is 4.57. The Morgan fingerprint density at radius 3 is 2.68 bits per heavy atom. The number of fused-ring (bicyclic) bond motifs is 3. The van der Waals surface area contributed by atoms with Gasteiger partial charge in [0.25, 0.3) is 0 Å². The number of thioether (sulfide) groups is 1. The smallest absolute Gasteiger partial charge is 0.217 e. The van der Waals surface area contributed by atoms with Crippen molar-refractivity contribution < 1.29 is 4.42 Å². The van der Waals surface area contributed by atoms with Crippen molar-refractivity contribution in [3.63, 3.8) is 0 Å². The van der Waals surface area contributed by atoms with Gasteiger partial charge in [-0.25, -0.2) is 14.6 Å². The lowest BCUT2D eigenvalue weighted by Gasteiger charge is -2.05. The Hall–Kier alpha value is -3.13. The van der Waals surface area contributed by atoms with Crippen LogP contribution in [0.3, 0.4) is 0 Å². The Morgan fingerprint density at radius 1 is 1.04 bits per heavy atom. The van der Waals surface area contributed by atoms with Gasteiger partial charge in [-0.2, -0.15) is 9.61 Å². The Labute approximate surface area is 165 Å². The van der Waals surface area contributed by atoms with E-state index in [-0.39, 0.29) is 0 Å². The molecule has 0 spiro atoms. The summed E-state index contributed by atoms with van der Waals surface area (Å²) < 4.78 is 9.11. The van der Waals surface area contributed by atoms with E-state index >= 15 is 0 Å². The number of aryl methyl sites for hydroxylation is 3. The summed E-state index contributed by atoms with van der Waals surface area (Å²) >= 11 is 1.81. The van der Waals surface area contributed by atoms with Gasteiger partial charge in [-0.1, -0.05) is 17.7 Å². The molecule has 0 fully saturated rings. The maximum Gasteiger partial charge on any atom is 0.217 e. The number of furan rings is 1. The van der Waals surface area contributed by atoms with Crippen molar-refractivity contribution in [1.29, 1.82) is 0 Å². The third kappa shape index (κ3) is 2.95. The van der Waals surface area contributed by atoms with Crippen molar-refractivity contribution in [3.05, 3.63) is 60.2 Å². The van der Waals surface area contributed by atoms with E-state index in [9.17, 15) is 0 Å². The van der Waals surface area contributed by atoms with E-state index in [0.717, 1.165) is 34.8 Å². The minimum atomic E-state index is 0.546. The Bertz CT molecular complexity index is 1250. The summed E-state index contributed by atoms with van der Waals surface area (Å²) in [6.07, 6.45) is 3.43. The van der Waals surface area contributed by atoms with Gasteiger partial charge in [0.1, 0.15) is 5.82 Å². The maximum atomic E-state index is 5.43. The number of aromatic nitrogens is 6. The lowest BCUT2D eigenvalue weighted by molar-refractivity contribution is 0.577. The SMILES string of the molecule is Cc1ccc(SCCn2ncc3c2nc(C)n2nc(-c4ccco4)nc32)cc1. The molecule has 7 nitrogen and oxygen atoms in total. The molecule has 5 aromatic rings. The van der Waals surface area contributed by atoms with E-state index < -0.39 is 0 Å². The topological polar surface area (TPSA) is 74.0 Å². The van der Waals surface area contributed by atoms with E-state index in [0.29, 0.717) is 11.6 Å². The predicted octanol–water partition coefficient (Wildman–Crippen LogP) is 4.14. The number of hydrogen-bond acceptors (Lipinski definition) is 6. The standard InChI is InChI=1S/C20H18N6OS/c1-13-5-7-15(8-6-13)28-11-9-25-19-16(12-21-25)20-23-18(17-4-3-10-27-17)24-26(20)14(2)22-19/h3-8,10,12H,9,11H2,1-2H3. The summed E-state index contributed by atoms with van der Waals surface area (Å²) in [6.45, 7) is 4.79. The number of hydrogen-bond donors (Lipinski definition) is 0. The van der Waals surface area contributed by atoms with Crippen molar-refractivity contribution >= 4 is 28.4 Å². The van der Waals surface area contributed by atoms with Crippen molar-refractivity contribution in [2.45, 2.75) is 25.3 Å². The largest absolute Gasteiger partial charge is 0.461 e.